The molecular formula is C28H22O5S2. The van der Waals surface area contributed by atoms with Crippen molar-refractivity contribution in [3.8, 4) is 11.5 Å². The zero-order valence-corrected chi connectivity index (χ0v) is 20.7. The molecule has 0 saturated heterocycles. The number of hydrogen-bond donors (Lipinski definition) is 1. The molecule has 0 bridgehead atoms. The zero-order chi connectivity index (χ0) is 24.7. The number of benzene rings is 4. The molecule has 1 aliphatic rings. The highest BCUT2D eigenvalue weighted by Gasteiger charge is 2.26. The summed E-state index contributed by atoms with van der Waals surface area (Å²) in [6.45, 7) is 3.65. The summed E-state index contributed by atoms with van der Waals surface area (Å²) >= 11 is 1.68. The third kappa shape index (κ3) is 4.34. The molecule has 1 N–H and O–H groups in total. The number of ether oxygens (including phenoxy) is 1. The molecule has 7 heteroatoms. The largest absolute Gasteiger partial charge is 0.457 e. The van der Waals surface area contributed by atoms with E-state index in [2.05, 4.69) is 0 Å². The minimum atomic E-state index is -4.26. The molecule has 176 valence electrons. The molecule has 0 amide bonds. The van der Waals surface area contributed by atoms with Gasteiger partial charge in [0.1, 0.15) is 16.4 Å². The summed E-state index contributed by atoms with van der Waals surface area (Å²) in [7, 11) is -4.26. The van der Waals surface area contributed by atoms with Crippen molar-refractivity contribution in [2.75, 3.05) is 0 Å². The molecule has 1 aromatic heterocycles. The van der Waals surface area contributed by atoms with Crippen LogP contribution in [0.2, 0.25) is 0 Å². The highest BCUT2D eigenvalue weighted by atomic mass is 32.2. The first-order chi connectivity index (χ1) is 16.7. The maximum absolute atomic E-state index is 12.3. The molecule has 1 aliphatic heterocycles. The van der Waals surface area contributed by atoms with Gasteiger partial charge in [-0.1, -0.05) is 48.5 Å². The third-order valence-corrected chi connectivity index (χ3v) is 8.27. The van der Waals surface area contributed by atoms with Gasteiger partial charge in [0.25, 0.3) is 10.1 Å². The van der Waals surface area contributed by atoms with Crippen molar-refractivity contribution in [1.82, 2.24) is 0 Å². The van der Waals surface area contributed by atoms with Crippen LogP contribution in [0.4, 0.5) is 0 Å². The lowest BCUT2D eigenvalue weighted by Crippen LogP contribution is -2.11. The Morgan fingerprint density at radius 1 is 0.800 bits per heavy atom. The van der Waals surface area contributed by atoms with Crippen LogP contribution in [0.5, 0.6) is 11.5 Å². The fraction of sp³-hybridized carbons (Fsp3) is 0.107. The topological polar surface area (TPSA) is 80.7 Å². The Morgan fingerprint density at radius 3 is 2.31 bits per heavy atom. The second kappa shape index (κ2) is 8.92. The molecule has 5 aromatic rings. The van der Waals surface area contributed by atoms with Crippen molar-refractivity contribution in [1.29, 1.82) is 0 Å². The minimum Gasteiger partial charge on any atom is -0.457 e. The first-order valence-corrected chi connectivity index (χ1v) is 13.3. The van der Waals surface area contributed by atoms with Gasteiger partial charge < -0.3 is 4.74 Å². The van der Waals surface area contributed by atoms with Gasteiger partial charge in [0.2, 0.25) is 0 Å². The van der Waals surface area contributed by atoms with Crippen LogP contribution < -0.4 is 10.2 Å². The molecule has 0 radical (unpaired) electrons. The van der Waals surface area contributed by atoms with Crippen LogP contribution in [0.15, 0.2) is 88.6 Å². The molecule has 6 rings (SSSR count). The second-order valence-corrected chi connectivity index (χ2v) is 10.9. The Bertz CT molecular complexity index is 1770. The third-order valence-electron chi connectivity index (χ3n) is 6.05. The summed E-state index contributed by atoms with van der Waals surface area (Å²) in [6, 6.07) is 24.6. The van der Waals surface area contributed by atoms with E-state index in [9.17, 15) is 17.8 Å². The van der Waals surface area contributed by atoms with E-state index in [0.29, 0.717) is 23.3 Å². The van der Waals surface area contributed by atoms with Crippen LogP contribution in [0, 0.1) is 13.8 Å². The summed E-state index contributed by atoms with van der Waals surface area (Å²) in [4.78, 5) is 12.3. The number of hydrogen-bond acceptors (Lipinski definition) is 5. The Morgan fingerprint density at radius 2 is 1.51 bits per heavy atom. The van der Waals surface area contributed by atoms with Crippen molar-refractivity contribution in [2.45, 2.75) is 25.2 Å². The van der Waals surface area contributed by atoms with Gasteiger partial charge in [-0.25, -0.2) is 0 Å². The van der Waals surface area contributed by atoms with E-state index in [-0.39, 0.29) is 10.3 Å². The van der Waals surface area contributed by atoms with Gasteiger partial charge in [-0.3, -0.25) is 9.35 Å². The maximum atomic E-state index is 12.3. The van der Waals surface area contributed by atoms with Crippen molar-refractivity contribution < 1.29 is 17.7 Å². The summed E-state index contributed by atoms with van der Waals surface area (Å²) in [5, 5.41) is 1.69. The van der Waals surface area contributed by atoms with E-state index in [1.54, 1.807) is 30.4 Å². The lowest BCUT2D eigenvalue weighted by molar-refractivity contribution is 0.450. The van der Waals surface area contributed by atoms with Gasteiger partial charge in [-0.15, -0.1) is 11.3 Å². The van der Waals surface area contributed by atoms with Crippen molar-refractivity contribution in [3.63, 3.8) is 0 Å². The molecule has 0 fully saturated rings. The molecular weight excluding hydrogens is 480 g/mol. The van der Waals surface area contributed by atoms with Crippen molar-refractivity contribution >= 4 is 41.6 Å². The summed E-state index contributed by atoms with van der Waals surface area (Å²) < 4.78 is 40.3. The van der Waals surface area contributed by atoms with Crippen LogP contribution >= 0.6 is 11.3 Å². The normalized spacial score (nSPS) is 12.3. The fourth-order valence-corrected chi connectivity index (χ4v) is 6.54. The maximum Gasteiger partial charge on any atom is 0.295 e. The van der Waals surface area contributed by atoms with Crippen LogP contribution in [-0.4, -0.2) is 13.0 Å². The average molecular weight is 503 g/mol. The van der Waals surface area contributed by atoms with E-state index < -0.39 is 10.1 Å². The van der Waals surface area contributed by atoms with Crippen LogP contribution in [-0.2, 0) is 16.5 Å². The number of fused-ring (bicyclic) bond motifs is 4. The van der Waals surface area contributed by atoms with Crippen LogP contribution in [0.1, 0.15) is 22.3 Å². The highest BCUT2D eigenvalue weighted by Crippen LogP contribution is 2.40. The predicted molar refractivity (Wildman–Crippen MR) is 141 cm³/mol. The standard InChI is InChI=1S/C14H12O4S.C14H10OS/c1-9-6-7-13-11(14(9)19(15,16)17)8-10-4-2-3-5-12(10)18-13;1-9-5-4-8-12-13(9)14(15)10-6-2-3-7-11(10)16-12/h2-7H,8H2,1H3,(H,15,16,17);2-8H,1H3. The minimum absolute atomic E-state index is 0.0421. The number of para-hydroxylation sites is 1. The molecule has 4 aromatic carbocycles. The monoisotopic (exact) mass is 502 g/mol. The van der Waals surface area contributed by atoms with Crippen molar-refractivity contribution in [2.24, 2.45) is 0 Å². The average Bonchev–Trinajstić information content (AvgIpc) is 2.82. The number of rotatable bonds is 1. The molecule has 35 heavy (non-hydrogen) atoms. The van der Waals surface area contributed by atoms with Crippen LogP contribution in [0.25, 0.3) is 20.2 Å². The Balaban J connectivity index is 0.000000147. The zero-order valence-electron chi connectivity index (χ0n) is 19.1. The molecule has 0 unspecified atom stereocenters. The van der Waals surface area contributed by atoms with Gasteiger partial charge in [0.05, 0.1) is 0 Å². The second-order valence-electron chi connectivity index (χ2n) is 8.43. The first-order valence-electron chi connectivity index (χ1n) is 11.0. The van der Waals surface area contributed by atoms with E-state index in [1.807, 2.05) is 73.7 Å². The lowest BCUT2D eigenvalue weighted by atomic mass is 9.99. The van der Waals surface area contributed by atoms with E-state index in [0.717, 1.165) is 37.0 Å². The van der Waals surface area contributed by atoms with E-state index in [1.165, 1.54) is 0 Å². The molecule has 0 spiro atoms. The Hall–Kier alpha value is -3.52. The number of aryl methyl sites for hydroxylation is 2. The molecule has 0 aliphatic carbocycles. The summed E-state index contributed by atoms with van der Waals surface area (Å²) in [6.07, 6.45) is 0.433. The summed E-state index contributed by atoms with van der Waals surface area (Å²) in [5.74, 6) is 1.21. The van der Waals surface area contributed by atoms with Crippen molar-refractivity contribution in [3.05, 3.63) is 111 Å². The first kappa shape index (κ1) is 23.2. The van der Waals surface area contributed by atoms with Gasteiger partial charge in [0.15, 0.2) is 5.43 Å². The lowest BCUT2D eigenvalue weighted by Gasteiger charge is -2.22. The molecule has 2 heterocycles. The predicted octanol–water partition coefficient (Wildman–Crippen LogP) is 6.66. The van der Waals surface area contributed by atoms with Gasteiger partial charge in [0, 0.05) is 32.2 Å². The molecule has 0 atom stereocenters. The summed E-state index contributed by atoms with van der Waals surface area (Å²) in [5.41, 5.74) is 3.16. The molecule has 5 nitrogen and oxygen atoms in total. The SMILES string of the molecule is Cc1ccc2c(c1S(=O)(=O)O)Cc1ccccc1O2.Cc1cccc2sc3ccccc3c(=O)c12. The van der Waals surface area contributed by atoms with Gasteiger partial charge in [-0.2, -0.15) is 8.42 Å². The van der Waals surface area contributed by atoms with Gasteiger partial charge in [-0.05, 0) is 60.9 Å². The van der Waals surface area contributed by atoms with Gasteiger partial charge >= 0.3 is 0 Å². The molecule has 0 saturated carbocycles. The fourth-order valence-electron chi connectivity index (χ4n) is 4.42. The van der Waals surface area contributed by atoms with Crippen LogP contribution in [0.3, 0.4) is 0 Å². The Labute approximate surface area is 207 Å². The van der Waals surface area contributed by atoms with E-state index >= 15 is 0 Å². The smallest absolute Gasteiger partial charge is 0.295 e. The van der Waals surface area contributed by atoms with E-state index in [4.69, 9.17) is 4.74 Å². The quantitative estimate of drug-likeness (QED) is 0.201. The Kier molecular flexibility index (Phi) is 5.92. The highest BCUT2D eigenvalue weighted by molar-refractivity contribution is 7.86.